The Morgan fingerprint density at radius 3 is 2.96 bits per heavy atom. The van der Waals surface area contributed by atoms with Crippen molar-refractivity contribution >= 4 is 16.9 Å². The number of nitrogens with one attached hydrogen (secondary N) is 1. The lowest BCUT2D eigenvalue weighted by molar-refractivity contribution is -0.132. The van der Waals surface area contributed by atoms with Crippen molar-refractivity contribution in [3.05, 3.63) is 59.9 Å². The van der Waals surface area contributed by atoms with Gasteiger partial charge in [-0.3, -0.25) is 4.79 Å². The second kappa shape index (κ2) is 7.55. The van der Waals surface area contributed by atoms with Gasteiger partial charge in [-0.1, -0.05) is 24.1 Å². The molecule has 0 aliphatic carbocycles. The van der Waals surface area contributed by atoms with Crippen molar-refractivity contribution < 1.29 is 9.53 Å². The quantitative estimate of drug-likeness (QED) is 0.707. The number of rotatable bonds is 5. The minimum Gasteiger partial charge on any atom is -0.493 e. The van der Waals surface area contributed by atoms with Crippen LogP contribution in [0.2, 0.25) is 0 Å². The van der Waals surface area contributed by atoms with E-state index >= 15 is 0 Å². The smallest absolute Gasteiger partial charge is 0.226 e. The number of ether oxygens (including phenoxy) is 1. The number of hydrogen-bond donors (Lipinski definition) is 1. The van der Waals surface area contributed by atoms with Crippen LogP contribution in [0.1, 0.15) is 36.7 Å². The molecule has 1 N–H and O–H groups in total. The molecule has 5 nitrogen and oxygen atoms in total. The van der Waals surface area contributed by atoms with Gasteiger partial charge in [-0.15, -0.1) is 6.42 Å². The number of terminal acetylenes is 1. The normalized spacial score (nSPS) is 16.4. The molecule has 1 atom stereocenters. The van der Waals surface area contributed by atoms with Crippen LogP contribution in [0, 0.1) is 12.3 Å². The van der Waals surface area contributed by atoms with Crippen LogP contribution in [0.5, 0.6) is 5.75 Å². The summed E-state index contributed by atoms with van der Waals surface area (Å²) in [5, 5.41) is 0. The molecule has 1 aliphatic rings. The zero-order valence-electron chi connectivity index (χ0n) is 15.0. The van der Waals surface area contributed by atoms with E-state index in [0.29, 0.717) is 13.0 Å². The highest BCUT2D eigenvalue weighted by atomic mass is 16.5. The highest BCUT2D eigenvalue weighted by molar-refractivity contribution is 5.79. The monoisotopic (exact) mass is 359 g/mol. The fourth-order valence-corrected chi connectivity index (χ4v) is 3.54. The minimum atomic E-state index is -0.0177. The number of aromatic amines is 1. The van der Waals surface area contributed by atoms with Crippen molar-refractivity contribution in [1.29, 1.82) is 0 Å². The van der Waals surface area contributed by atoms with Gasteiger partial charge >= 0.3 is 0 Å². The summed E-state index contributed by atoms with van der Waals surface area (Å²) in [6.07, 6.45) is 7.71. The van der Waals surface area contributed by atoms with Gasteiger partial charge in [-0.05, 0) is 43.2 Å². The van der Waals surface area contributed by atoms with Gasteiger partial charge in [0.25, 0.3) is 0 Å². The lowest BCUT2D eigenvalue weighted by atomic mass is 10.2. The standard InChI is InChI=1S/C22H21N3O2/c1-2-16-10-11-18-19(15-16)24-22(23-18)20-9-6-13-25(20)21(26)12-14-27-17-7-4-3-5-8-17/h1,3-5,7-8,10-11,15,20H,6,9,12-14H2,(H,23,24)/t20-/m0/s1. The number of imidazole rings is 1. The number of carbonyl (C=O) groups is 1. The number of nitrogens with zero attached hydrogens (tertiary/aromatic N) is 2. The van der Waals surface area contributed by atoms with Crippen LogP contribution in [-0.2, 0) is 4.79 Å². The molecule has 5 heteroatoms. The summed E-state index contributed by atoms with van der Waals surface area (Å²) >= 11 is 0. The highest BCUT2D eigenvalue weighted by Gasteiger charge is 2.31. The molecular formula is C22H21N3O2. The molecule has 4 rings (SSSR count). The number of carbonyl (C=O) groups excluding carboxylic acids is 1. The second-order valence-corrected chi connectivity index (χ2v) is 6.65. The lowest BCUT2D eigenvalue weighted by Gasteiger charge is -2.23. The molecule has 0 spiro atoms. The van der Waals surface area contributed by atoms with Gasteiger partial charge in [0, 0.05) is 12.1 Å². The number of fused-ring (bicyclic) bond motifs is 1. The topological polar surface area (TPSA) is 58.2 Å². The average molecular weight is 359 g/mol. The number of benzene rings is 2. The minimum absolute atomic E-state index is 0.0177. The van der Waals surface area contributed by atoms with Gasteiger partial charge in [0.2, 0.25) is 5.91 Å². The third kappa shape index (κ3) is 3.65. The van der Waals surface area contributed by atoms with E-state index in [-0.39, 0.29) is 11.9 Å². The second-order valence-electron chi connectivity index (χ2n) is 6.65. The van der Waals surface area contributed by atoms with Gasteiger partial charge in [0.15, 0.2) is 0 Å². The molecule has 0 bridgehead atoms. The first-order valence-corrected chi connectivity index (χ1v) is 9.18. The third-order valence-electron chi connectivity index (χ3n) is 4.88. The predicted octanol–water partition coefficient (Wildman–Crippen LogP) is 3.68. The molecule has 1 aliphatic heterocycles. The molecule has 3 aromatic rings. The third-order valence-corrected chi connectivity index (χ3v) is 4.88. The van der Waals surface area contributed by atoms with Crippen molar-refractivity contribution in [2.75, 3.05) is 13.2 Å². The molecule has 2 heterocycles. The van der Waals surface area contributed by atoms with E-state index < -0.39 is 0 Å². The molecule has 1 aromatic heterocycles. The number of likely N-dealkylation sites (tertiary alicyclic amines) is 1. The number of amides is 1. The maximum Gasteiger partial charge on any atom is 0.226 e. The van der Waals surface area contributed by atoms with E-state index in [1.54, 1.807) is 0 Å². The van der Waals surface area contributed by atoms with Gasteiger partial charge in [0.1, 0.15) is 11.6 Å². The molecule has 0 radical (unpaired) electrons. The van der Waals surface area contributed by atoms with Crippen molar-refractivity contribution in [2.45, 2.75) is 25.3 Å². The van der Waals surface area contributed by atoms with Crippen molar-refractivity contribution in [3.63, 3.8) is 0 Å². The summed E-state index contributed by atoms with van der Waals surface area (Å²) < 4.78 is 5.66. The first kappa shape index (κ1) is 17.2. The number of hydrogen-bond acceptors (Lipinski definition) is 3. The van der Waals surface area contributed by atoms with E-state index in [1.807, 2.05) is 53.4 Å². The predicted molar refractivity (Wildman–Crippen MR) is 104 cm³/mol. The first-order valence-electron chi connectivity index (χ1n) is 9.18. The van der Waals surface area contributed by atoms with Crippen LogP contribution in [0.15, 0.2) is 48.5 Å². The molecule has 2 aromatic carbocycles. The Balaban J connectivity index is 1.44. The molecule has 27 heavy (non-hydrogen) atoms. The van der Waals surface area contributed by atoms with E-state index in [9.17, 15) is 4.79 Å². The molecule has 1 saturated heterocycles. The summed E-state index contributed by atoms with van der Waals surface area (Å²) in [5.41, 5.74) is 2.60. The SMILES string of the molecule is C#Cc1ccc2nc([C@@H]3CCCN3C(=O)CCOc3ccccc3)[nH]c2c1. The molecule has 1 fully saturated rings. The van der Waals surface area contributed by atoms with Crippen LogP contribution >= 0.6 is 0 Å². The number of para-hydroxylation sites is 1. The number of aromatic nitrogens is 2. The summed E-state index contributed by atoms with van der Waals surface area (Å²) in [5.74, 6) is 4.34. The Hall–Kier alpha value is -3.26. The molecule has 0 saturated carbocycles. The van der Waals surface area contributed by atoms with Gasteiger partial charge in [0.05, 0.1) is 30.1 Å². The Morgan fingerprint density at radius 1 is 1.30 bits per heavy atom. The largest absolute Gasteiger partial charge is 0.493 e. The van der Waals surface area contributed by atoms with E-state index in [0.717, 1.165) is 47.6 Å². The van der Waals surface area contributed by atoms with Crippen LogP contribution in [0.4, 0.5) is 0 Å². The zero-order valence-corrected chi connectivity index (χ0v) is 15.0. The van der Waals surface area contributed by atoms with Crippen LogP contribution in [-0.4, -0.2) is 33.9 Å². The highest BCUT2D eigenvalue weighted by Crippen LogP contribution is 2.32. The Kier molecular flexibility index (Phi) is 4.80. The van der Waals surface area contributed by atoms with Crippen LogP contribution in [0.3, 0.4) is 0 Å². The van der Waals surface area contributed by atoms with Crippen LogP contribution < -0.4 is 4.74 Å². The number of H-pyrrole nitrogens is 1. The van der Waals surface area contributed by atoms with Crippen LogP contribution in [0.25, 0.3) is 11.0 Å². The molecular weight excluding hydrogens is 338 g/mol. The lowest BCUT2D eigenvalue weighted by Crippen LogP contribution is -2.32. The van der Waals surface area contributed by atoms with Gasteiger partial charge < -0.3 is 14.6 Å². The zero-order chi connectivity index (χ0) is 18.6. The van der Waals surface area contributed by atoms with Crippen molar-refractivity contribution in [1.82, 2.24) is 14.9 Å². The van der Waals surface area contributed by atoms with Crippen molar-refractivity contribution in [2.24, 2.45) is 0 Å². The fraction of sp³-hybridized carbons (Fsp3) is 0.273. The maximum absolute atomic E-state index is 12.7. The Morgan fingerprint density at radius 2 is 2.15 bits per heavy atom. The van der Waals surface area contributed by atoms with Gasteiger partial charge in [-0.2, -0.15) is 0 Å². The van der Waals surface area contributed by atoms with E-state index in [4.69, 9.17) is 11.2 Å². The van der Waals surface area contributed by atoms with E-state index in [1.165, 1.54) is 0 Å². The molecule has 136 valence electrons. The first-order chi connectivity index (χ1) is 13.2. The van der Waals surface area contributed by atoms with E-state index in [2.05, 4.69) is 15.9 Å². The molecule has 0 unspecified atom stereocenters. The Bertz CT molecular complexity index is 988. The summed E-state index contributed by atoms with van der Waals surface area (Å²) in [6, 6.07) is 15.2. The van der Waals surface area contributed by atoms with Crippen molar-refractivity contribution in [3.8, 4) is 18.1 Å². The Labute approximate surface area is 158 Å². The maximum atomic E-state index is 12.7. The average Bonchev–Trinajstić information content (AvgIpc) is 3.34. The summed E-state index contributed by atoms with van der Waals surface area (Å²) in [4.78, 5) is 22.7. The summed E-state index contributed by atoms with van der Waals surface area (Å²) in [6.45, 7) is 1.12. The summed E-state index contributed by atoms with van der Waals surface area (Å²) in [7, 11) is 0. The molecule has 1 amide bonds. The van der Waals surface area contributed by atoms with Gasteiger partial charge in [-0.25, -0.2) is 4.98 Å². The fourth-order valence-electron chi connectivity index (χ4n) is 3.54.